The van der Waals surface area contributed by atoms with Crippen molar-refractivity contribution in [3.63, 3.8) is 0 Å². The molecule has 0 radical (unpaired) electrons. The summed E-state index contributed by atoms with van der Waals surface area (Å²) >= 11 is 0. The number of nitrogens with two attached hydrogens (primary N) is 1. The number of sulfonamides is 1. The molecule has 0 spiro atoms. The van der Waals surface area contributed by atoms with Gasteiger partial charge in [-0.25, -0.2) is 12.7 Å². The molecule has 2 rings (SSSR count). The maximum absolute atomic E-state index is 12.1. The number of rotatable bonds is 5. The topological polar surface area (TPSA) is 63.4 Å². The summed E-state index contributed by atoms with van der Waals surface area (Å²) in [6, 6.07) is 0.452. The molecule has 4 nitrogen and oxygen atoms in total. The quantitative estimate of drug-likeness (QED) is 0.811. The van der Waals surface area contributed by atoms with Crippen molar-refractivity contribution in [3.05, 3.63) is 0 Å². The second-order valence-electron chi connectivity index (χ2n) is 5.63. The SMILES string of the molecule is CN(C1CCC(N)CC1)S(=O)(=O)CCC1CC1. The van der Waals surface area contributed by atoms with Crippen molar-refractivity contribution in [3.8, 4) is 0 Å². The van der Waals surface area contributed by atoms with Gasteiger partial charge in [-0.15, -0.1) is 0 Å². The zero-order chi connectivity index (χ0) is 12.5. The zero-order valence-corrected chi connectivity index (χ0v) is 11.5. The Bertz CT molecular complexity index is 344. The smallest absolute Gasteiger partial charge is 0.214 e. The molecule has 2 aliphatic rings. The van der Waals surface area contributed by atoms with Crippen LogP contribution in [0.15, 0.2) is 0 Å². The van der Waals surface area contributed by atoms with Crippen LogP contribution in [0.4, 0.5) is 0 Å². The van der Waals surface area contributed by atoms with Crippen LogP contribution >= 0.6 is 0 Å². The van der Waals surface area contributed by atoms with Gasteiger partial charge in [0.1, 0.15) is 0 Å². The van der Waals surface area contributed by atoms with Crippen molar-refractivity contribution in [1.82, 2.24) is 4.31 Å². The Kier molecular flexibility index (Phi) is 4.10. The maximum atomic E-state index is 12.1. The minimum Gasteiger partial charge on any atom is -0.328 e. The van der Waals surface area contributed by atoms with E-state index in [1.54, 1.807) is 11.4 Å². The van der Waals surface area contributed by atoms with Crippen LogP contribution in [-0.4, -0.2) is 37.6 Å². The van der Waals surface area contributed by atoms with Crippen molar-refractivity contribution in [1.29, 1.82) is 0 Å². The minimum atomic E-state index is -3.04. The molecule has 2 aliphatic carbocycles. The normalized spacial score (nSPS) is 30.8. The summed E-state index contributed by atoms with van der Waals surface area (Å²) in [7, 11) is -1.30. The molecule has 0 aliphatic heterocycles. The first-order chi connectivity index (χ1) is 7.99. The highest BCUT2D eigenvalue weighted by atomic mass is 32.2. The molecule has 0 aromatic heterocycles. The number of nitrogens with zero attached hydrogens (tertiary/aromatic N) is 1. The van der Waals surface area contributed by atoms with E-state index in [0.29, 0.717) is 11.7 Å². The Balaban J connectivity index is 1.85. The molecule has 2 fully saturated rings. The van der Waals surface area contributed by atoms with Crippen molar-refractivity contribution in [2.24, 2.45) is 11.7 Å². The van der Waals surface area contributed by atoms with E-state index in [-0.39, 0.29) is 12.1 Å². The van der Waals surface area contributed by atoms with E-state index >= 15 is 0 Å². The van der Waals surface area contributed by atoms with Gasteiger partial charge in [-0.05, 0) is 38.0 Å². The van der Waals surface area contributed by atoms with Gasteiger partial charge in [0.15, 0.2) is 0 Å². The molecule has 0 heterocycles. The second-order valence-corrected chi connectivity index (χ2v) is 7.78. The van der Waals surface area contributed by atoms with Crippen LogP contribution in [0.3, 0.4) is 0 Å². The largest absolute Gasteiger partial charge is 0.328 e. The molecular weight excluding hydrogens is 236 g/mol. The molecule has 0 amide bonds. The van der Waals surface area contributed by atoms with Gasteiger partial charge >= 0.3 is 0 Å². The molecule has 0 atom stereocenters. The Hall–Kier alpha value is -0.130. The highest BCUT2D eigenvalue weighted by Crippen LogP contribution is 2.33. The summed E-state index contributed by atoms with van der Waals surface area (Å²) in [5, 5.41) is 0. The monoisotopic (exact) mass is 260 g/mol. The molecule has 100 valence electrons. The van der Waals surface area contributed by atoms with Crippen LogP contribution in [0.25, 0.3) is 0 Å². The molecule has 2 saturated carbocycles. The fourth-order valence-corrected chi connectivity index (χ4v) is 4.14. The van der Waals surface area contributed by atoms with Gasteiger partial charge in [0.2, 0.25) is 10.0 Å². The lowest BCUT2D eigenvalue weighted by molar-refractivity contribution is 0.268. The van der Waals surface area contributed by atoms with Gasteiger partial charge in [0.05, 0.1) is 5.75 Å². The molecule has 0 saturated heterocycles. The molecule has 5 heteroatoms. The Morgan fingerprint density at radius 1 is 1.12 bits per heavy atom. The lowest BCUT2D eigenvalue weighted by atomic mass is 9.92. The third kappa shape index (κ3) is 3.66. The Morgan fingerprint density at radius 2 is 1.71 bits per heavy atom. The van der Waals surface area contributed by atoms with Crippen molar-refractivity contribution in [2.75, 3.05) is 12.8 Å². The summed E-state index contributed by atoms with van der Waals surface area (Å²) in [5.41, 5.74) is 5.84. The van der Waals surface area contributed by atoms with E-state index in [9.17, 15) is 8.42 Å². The number of hydrogen-bond donors (Lipinski definition) is 1. The van der Waals surface area contributed by atoms with Crippen LogP contribution < -0.4 is 5.73 Å². The standard InChI is InChI=1S/C12H24N2O2S/c1-14(12-6-4-11(13)5-7-12)17(15,16)9-8-10-2-3-10/h10-12H,2-9,13H2,1H3. The maximum Gasteiger partial charge on any atom is 0.214 e. The van der Waals surface area contributed by atoms with Crippen LogP contribution in [0.1, 0.15) is 44.9 Å². The van der Waals surface area contributed by atoms with E-state index in [1.165, 1.54) is 12.8 Å². The summed E-state index contributed by atoms with van der Waals surface area (Å²) in [6.07, 6.45) is 7.02. The predicted octanol–water partition coefficient (Wildman–Crippen LogP) is 1.32. The zero-order valence-electron chi connectivity index (χ0n) is 10.6. The number of hydrogen-bond acceptors (Lipinski definition) is 3. The fraction of sp³-hybridized carbons (Fsp3) is 1.00. The highest BCUT2D eigenvalue weighted by molar-refractivity contribution is 7.89. The first-order valence-electron chi connectivity index (χ1n) is 6.70. The summed E-state index contributed by atoms with van der Waals surface area (Å²) in [4.78, 5) is 0. The Labute approximate surface area is 105 Å². The lowest BCUT2D eigenvalue weighted by Crippen LogP contribution is -2.42. The van der Waals surface area contributed by atoms with Crippen LogP contribution in [0, 0.1) is 5.92 Å². The summed E-state index contributed by atoms with van der Waals surface area (Å²) in [5.74, 6) is 1.01. The second kappa shape index (κ2) is 5.24. The Morgan fingerprint density at radius 3 is 2.24 bits per heavy atom. The molecular formula is C12H24N2O2S. The van der Waals surface area contributed by atoms with E-state index < -0.39 is 10.0 Å². The third-order valence-electron chi connectivity index (χ3n) is 4.18. The van der Waals surface area contributed by atoms with Crippen molar-refractivity contribution in [2.45, 2.75) is 57.0 Å². The first kappa shape index (κ1) is 13.3. The fourth-order valence-electron chi connectivity index (χ4n) is 2.56. The molecule has 2 N–H and O–H groups in total. The van der Waals surface area contributed by atoms with E-state index in [1.807, 2.05) is 0 Å². The minimum absolute atomic E-state index is 0.180. The summed E-state index contributed by atoms with van der Waals surface area (Å²) in [6.45, 7) is 0. The first-order valence-corrected chi connectivity index (χ1v) is 8.31. The van der Waals surface area contributed by atoms with E-state index in [4.69, 9.17) is 5.73 Å². The lowest BCUT2D eigenvalue weighted by Gasteiger charge is -2.32. The molecule has 0 unspecified atom stereocenters. The average molecular weight is 260 g/mol. The van der Waals surface area contributed by atoms with Crippen LogP contribution in [-0.2, 0) is 10.0 Å². The van der Waals surface area contributed by atoms with Gasteiger partial charge in [0.25, 0.3) is 0 Å². The van der Waals surface area contributed by atoms with Crippen molar-refractivity contribution >= 4 is 10.0 Å². The third-order valence-corrected chi connectivity index (χ3v) is 6.10. The van der Waals surface area contributed by atoms with Gasteiger partial charge in [-0.1, -0.05) is 12.8 Å². The summed E-state index contributed by atoms with van der Waals surface area (Å²) < 4.78 is 25.9. The predicted molar refractivity (Wildman–Crippen MR) is 69.1 cm³/mol. The van der Waals surface area contributed by atoms with Gasteiger partial charge in [-0.2, -0.15) is 0 Å². The molecule has 0 aromatic carbocycles. The van der Waals surface area contributed by atoms with E-state index in [0.717, 1.165) is 32.1 Å². The molecule has 0 bridgehead atoms. The van der Waals surface area contributed by atoms with Crippen LogP contribution in [0.5, 0.6) is 0 Å². The van der Waals surface area contributed by atoms with Gasteiger partial charge in [-0.3, -0.25) is 0 Å². The van der Waals surface area contributed by atoms with Crippen molar-refractivity contribution < 1.29 is 8.42 Å². The molecule has 17 heavy (non-hydrogen) atoms. The van der Waals surface area contributed by atoms with Gasteiger partial charge < -0.3 is 5.73 Å². The van der Waals surface area contributed by atoms with E-state index in [2.05, 4.69) is 0 Å². The molecule has 0 aromatic rings. The van der Waals surface area contributed by atoms with Gasteiger partial charge in [0, 0.05) is 19.1 Å². The highest BCUT2D eigenvalue weighted by Gasteiger charge is 2.31. The average Bonchev–Trinajstić information content (AvgIpc) is 3.10. The van der Waals surface area contributed by atoms with Crippen LogP contribution in [0.2, 0.25) is 0 Å².